The number of ketones is 5. The summed E-state index contributed by atoms with van der Waals surface area (Å²) < 4.78 is 16.6. The van der Waals surface area contributed by atoms with Crippen LogP contribution < -0.4 is 14.2 Å². The van der Waals surface area contributed by atoms with Crippen LogP contribution in [0, 0.1) is 46.6 Å². The second-order valence-electron chi connectivity index (χ2n) is 27.7. The monoisotopic (exact) mass is 1410 g/mol. The Labute approximate surface area is 616 Å². The van der Waals surface area contributed by atoms with Crippen LogP contribution in [0.2, 0.25) is 0 Å². The number of Topliss-reactive ketones (excluding diaryl/α,β-unsaturated/α-hetero) is 5. The van der Waals surface area contributed by atoms with Gasteiger partial charge < -0.3 is 14.2 Å². The predicted molar refractivity (Wildman–Crippen MR) is 417 cm³/mol. The van der Waals surface area contributed by atoms with E-state index in [1.54, 1.807) is 35.7 Å². The third kappa shape index (κ3) is 15.2. The lowest BCUT2D eigenvalue weighted by Gasteiger charge is -2.12. The average molecular weight is 1410 g/mol. The van der Waals surface area contributed by atoms with Gasteiger partial charge in [-0.25, -0.2) is 0 Å². The third-order valence-corrected chi connectivity index (χ3v) is 21.9. The number of nitrogens with zero attached hydrogens (tertiary/aromatic N) is 1. The van der Waals surface area contributed by atoms with E-state index in [1.165, 1.54) is 55.3 Å². The fourth-order valence-corrected chi connectivity index (χ4v) is 16.0. The Balaban J connectivity index is 0.000000116. The van der Waals surface area contributed by atoms with Gasteiger partial charge >= 0.3 is 0 Å². The van der Waals surface area contributed by atoms with E-state index in [2.05, 4.69) is 104 Å². The molecule has 104 heavy (non-hydrogen) atoms. The summed E-state index contributed by atoms with van der Waals surface area (Å²) in [6.07, 6.45) is 9.24. The number of nitro groups is 1. The van der Waals surface area contributed by atoms with Gasteiger partial charge in [-0.1, -0.05) is 192 Å². The molecule has 0 N–H and O–H groups in total. The Bertz CT molecular complexity index is 5120. The van der Waals surface area contributed by atoms with Gasteiger partial charge in [0.25, 0.3) is 5.69 Å². The SMILES string of the molecule is CC1Cc2cccc(-c3ccc(Oc4ccccc4)cc3)c2C1=O.CC1Cc2cccc(-c3ccc([N+](=O)[O-])cc3)c2C1=O.CC1Cc2cccc(-c3ccc4c(c3)OCO4)c2C1=O.CSc1ccc(C)cc1-c1cccc2c1C(=O)C(C)C2.CSc1ccc(Cc2cccc3c2C(=O)C(C)C3)cc1. The number of benzene rings is 11. The van der Waals surface area contributed by atoms with Crippen LogP contribution in [0.15, 0.2) is 240 Å². The normalized spacial score (nSPS) is 17.3. The van der Waals surface area contributed by atoms with Crippen molar-refractivity contribution in [2.75, 3.05) is 19.3 Å². The molecular formula is C91H81NO10S2. The molecule has 0 saturated heterocycles. The first-order chi connectivity index (χ1) is 50.3. The first-order valence-corrected chi connectivity index (χ1v) is 37.8. The molecule has 522 valence electrons. The molecule has 11 nitrogen and oxygen atoms in total. The van der Waals surface area contributed by atoms with Gasteiger partial charge in [0.2, 0.25) is 6.79 Å². The zero-order chi connectivity index (χ0) is 72.9. The number of carbonyl (C=O) groups excluding carboxylic acids is 5. The van der Waals surface area contributed by atoms with Gasteiger partial charge in [0.1, 0.15) is 11.5 Å². The van der Waals surface area contributed by atoms with Gasteiger partial charge in [0.05, 0.1) is 4.92 Å². The summed E-state index contributed by atoms with van der Waals surface area (Å²) in [7, 11) is 0. The molecule has 17 rings (SSSR count). The highest BCUT2D eigenvalue weighted by Gasteiger charge is 2.34. The van der Waals surface area contributed by atoms with Crippen molar-refractivity contribution in [3.05, 3.63) is 313 Å². The van der Waals surface area contributed by atoms with Crippen LogP contribution in [0.5, 0.6) is 23.0 Å². The van der Waals surface area contributed by atoms with Crippen molar-refractivity contribution in [1.29, 1.82) is 0 Å². The Morgan fingerprint density at radius 3 is 1.32 bits per heavy atom. The van der Waals surface area contributed by atoms with Crippen molar-refractivity contribution in [3.63, 3.8) is 0 Å². The van der Waals surface area contributed by atoms with E-state index >= 15 is 0 Å². The Morgan fingerprint density at radius 1 is 0.404 bits per heavy atom. The number of ether oxygens (including phenoxy) is 3. The van der Waals surface area contributed by atoms with E-state index in [0.29, 0.717) is 11.6 Å². The first-order valence-electron chi connectivity index (χ1n) is 35.4. The van der Waals surface area contributed by atoms with Crippen LogP contribution in [0.4, 0.5) is 5.69 Å². The fourth-order valence-electron chi connectivity index (χ4n) is 15.0. The molecule has 0 amide bonds. The van der Waals surface area contributed by atoms with E-state index in [-0.39, 0.29) is 59.4 Å². The van der Waals surface area contributed by atoms with Crippen molar-refractivity contribution in [1.82, 2.24) is 0 Å². The molecule has 0 fully saturated rings. The van der Waals surface area contributed by atoms with E-state index in [9.17, 15) is 34.1 Å². The van der Waals surface area contributed by atoms with Crippen LogP contribution in [-0.4, -0.2) is 53.1 Å². The summed E-state index contributed by atoms with van der Waals surface area (Å²) in [6.45, 7) is 12.3. The number of hydrogen-bond acceptors (Lipinski definition) is 12. The topological polar surface area (TPSA) is 156 Å². The minimum Gasteiger partial charge on any atom is -0.457 e. The lowest BCUT2D eigenvalue weighted by atomic mass is 9.95. The van der Waals surface area contributed by atoms with Crippen molar-refractivity contribution in [2.24, 2.45) is 29.6 Å². The zero-order valence-corrected chi connectivity index (χ0v) is 61.3. The van der Waals surface area contributed by atoms with Crippen LogP contribution in [-0.2, 0) is 38.5 Å². The Morgan fingerprint density at radius 2 is 0.827 bits per heavy atom. The summed E-state index contributed by atoms with van der Waals surface area (Å²) in [5.41, 5.74) is 22.1. The zero-order valence-electron chi connectivity index (χ0n) is 59.6. The second-order valence-corrected chi connectivity index (χ2v) is 29.4. The maximum Gasteiger partial charge on any atom is 0.269 e. The van der Waals surface area contributed by atoms with E-state index in [1.807, 2.05) is 156 Å². The van der Waals surface area contributed by atoms with Crippen molar-refractivity contribution in [2.45, 2.75) is 89.9 Å². The molecule has 0 aromatic heterocycles. The van der Waals surface area contributed by atoms with Gasteiger partial charge in [-0.05, 0) is 208 Å². The Kier molecular flexibility index (Phi) is 21.7. The number of para-hydroxylation sites is 1. The summed E-state index contributed by atoms with van der Waals surface area (Å²) >= 11 is 3.49. The molecule has 0 radical (unpaired) electrons. The maximum absolute atomic E-state index is 12.5. The second kappa shape index (κ2) is 31.5. The molecule has 0 spiro atoms. The highest BCUT2D eigenvalue weighted by molar-refractivity contribution is 7.99. The summed E-state index contributed by atoms with van der Waals surface area (Å²) in [6, 6.07) is 75.4. The number of fused-ring (bicyclic) bond motifs is 6. The molecule has 5 aliphatic carbocycles. The number of carbonyl (C=O) groups is 5. The predicted octanol–water partition coefficient (Wildman–Crippen LogP) is 21.7. The first kappa shape index (κ1) is 71.7. The van der Waals surface area contributed by atoms with Crippen LogP contribution >= 0.6 is 23.5 Å². The lowest BCUT2D eigenvalue weighted by Crippen LogP contribution is -2.06. The third-order valence-electron chi connectivity index (χ3n) is 20.4. The molecule has 1 aliphatic heterocycles. The molecule has 0 bridgehead atoms. The molecule has 0 saturated carbocycles. The highest BCUT2D eigenvalue weighted by atomic mass is 32.2. The van der Waals surface area contributed by atoms with E-state index in [4.69, 9.17) is 14.2 Å². The van der Waals surface area contributed by atoms with E-state index < -0.39 is 4.92 Å². The number of rotatable bonds is 11. The summed E-state index contributed by atoms with van der Waals surface area (Å²) in [5.74, 6) is 4.84. The van der Waals surface area contributed by atoms with Gasteiger partial charge in [-0.2, -0.15) is 0 Å². The van der Waals surface area contributed by atoms with Gasteiger partial charge in [0, 0.05) is 79.3 Å². The molecule has 5 unspecified atom stereocenters. The van der Waals surface area contributed by atoms with E-state index in [0.717, 1.165) is 145 Å². The fraction of sp³-hybridized carbons (Fsp3) is 0.220. The van der Waals surface area contributed by atoms with Crippen LogP contribution in [0.25, 0.3) is 44.5 Å². The van der Waals surface area contributed by atoms with Crippen molar-refractivity contribution >= 4 is 58.1 Å². The molecule has 6 aliphatic rings. The molecular weight excluding hydrogens is 1330 g/mol. The maximum atomic E-state index is 12.5. The Hall–Kier alpha value is -10.7. The number of non-ortho nitro benzene ring substituents is 1. The van der Waals surface area contributed by atoms with Crippen LogP contribution in [0.1, 0.15) is 131 Å². The number of nitro benzene ring substituents is 1. The molecule has 11 aromatic rings. The minimum atomic E-state index is -0.424. The quantitative estimate of drug-likeness (QED) is 0.0687. The number of aryl methyl sites for hydroxylation is 1. The standard InChI is InChI=1S/C22H18O2.2C18H18OS.C17H14O3.C16H13NO3/c1-15-14-17-6-5-9-20(21(17)22(15)23)16-10-12-19(13-11-16)24-18-7-3-2-4-8-18;1-11-7-8-16(20-3)15(9-11)14-6-4-5-13-10-12(2)18(19)17(13)14;1-12-10-14-4-3-5-15(17(14)18(12)19)11-13-6-8-16(20-2)9-7-13;1-10-7-12-3-2-4-13(16(12)17(10)18)11-5-6-14-15(8-11)20-9-19-14;1-10-9-12-3-2-4-14(15(12)16(10)18)11-5-7-13(8-6-11)17(19)20/h2-13,15H,14H2,1H3;4-9,12H,10H2,1-3H3;3-9,12H,10-11H2,1-2H3;2-6,8,10H,7,9H2,1H3;2-8,10H,9H2,1H3. The van der Waals surface area contributed by atoms with Crippen LogP contribution in [0.3, 0.4) is 0 Å². The summed E-state index contributed by atoms with van der Waals surface area (Å²) in [4.78, 5) is 74.6. The molecule has 13 heteroatoms. The lowest BCUT2D eigenvalue weighted by molar-refractivity contribution is -0.384. The van der Waals surface area contributed by atoms with Gasteiger partial charge in [-0.15, -0.1) is 23.5 Å². The molecule has 11 aromatic carbocycles. The smallest absolute Gasteiger partial charge is 0.269 e. The van der Waals surface area contributed by atoms with Gasteiger partial charge in [0.15, 0.2) is 40.4 Å². The van der Waals surface area contributed by atoms with Crippen molar-refractivity contribution < 1.29 is 43.1 Å². The molecule has 1 heterocycles. The highest BCUT2D eigenvalue weighted by Crippen LogP contribution is 2.43. The summed E-state index contributed by atoms with van der Waals surface area (Å²) in [5, 5.41) is 10.7. The number of hydrogen-bond donors (Lipinski definition) is 0. The molecule has 5 atom stereocenters. The van der Waals surface area contributed by atoms with Crippen molar-refractivity contribution in [3.8, 4) is 67.5 Å². The van der Waals surface area contributed by atoms with Gasteiger partial charge in [-0.3, -0.25) is 34.1 Å². The number of thioether (sulfide) groups is 2. The largest absolute Gasteiger partial charge is 0.457 e. The minimum absolute atomic E-state index is 0.0178. The average Bonchev–Trinajstić information content (AvgIpc) is 1.63.